The zero-order valence-electron chi connectivity index (χ0n) is 27.0. The van der Waals surface area contributed by atoms with Crippen LogP contribution in [0.1, 0.15) is 46.9 Å². The summed E-state index contributed by atoms with van der Waals surface area (Å²) in [7, 11) is 2.29. The fourth-order valence-corrected chi connectivity index (χ4v) is 7.12. The summed E-state index contributed by atoms with van der Waals surface area (Å²) in [6, 6.07) is 32.1. The number of hydrogen-bond acceptors (Lipinski definition) is 8. The number of carbonyl (C=O) groups excluding carboxylic acids is 6. The monoisotopic (exact) mass is 714 g/mol. The quantitative estimate of drug-likeness (QED) is 0.116. The average molecular weight is 716 g/mol. The molecule has 10 nitrogen and oxygen atoms in total. The van der Waals surface area contributed by atoms with E-state index >= 15 is 0 Å². The number of ketones is 2. The maximum absolute atomic E-state index is 12.7. The van der Waals surface area contributed by atoms with Gasteiger partial charge in [-0.05, 0) is 23.3 Å². The van der Waals surface area contributed by atoms with Crippen molar-refractivity contribution in [1.29, 1.82) is 0 Å². The van der Waals surface area contributed by atoms with Crippen molar-refractivity contribution in [3.05, 3.63) is 131 Å². The van der Waals surface area contributed by atoms with Crippen LogP contribution in [0.25, 0.3) is 0 Å². The van der Waals surface area contributed by atoms with Crippen LogP contribution in [0.5, 0.6) is 0 Å². The van der Waals surface area contributed by atoms with E-state index in [-0.39, 0.29) is 12.8 Å². The highest BCUT2D eigenvalue weighted by atomic mass is 35.5. The largest absolute Gasteiger partial charge is 0.463 e. The molecule has 0 saturated carbocycles. The summed E-state index contributed by atoms with van der Waals surface area (Å²) in [6.45, 7) is 0. The molecule has 4 atom stereocenters. The number of para-hydroxylation sites is 2. The van der Waals surface area contributed by atoms with Crippen LogP contribution in [0.2, 0.25) is 0 Å². The molecule has 4 aromatic carbocycles. The van der Waals surface area contributed by atoms with Gasteiger partial charge in [0.25, 0.3) is 11.8 Å². The number of esters is 2. The van der Waals surface area contributed by atoms with Gasteiger partial charge in [0.05, 0.1) is 14.2 Å². The summed E-state index contributed by atoms with van der Waals surface area (Å²) in [5, 5.41) is 5.51. The van der Waals surface area contributed by atoms with E-state index in [1.165, 1.54) is 0 Å². The van der Waals surface area contributed by atoms with Gasteiger partial charge in [0, 0.05) is 47.2 Å². The number of fused-ring (bicyclic) bond motifs is 2. The van der Waals surface area contributed by atoms with Crippen LogP contribution >= 0.6 is 23.2 Å². The number of halogens is 2. The molecule has 2 aliphatic heterocycles. The smallest absolute Gasteiger partial charge is 0.374 e. The van der Waals surface area contributed by atoms with Crippen molar-refractivity contribution in [1.82, 2.24) is 0 Å². The second kappa shape index (κ2) is 15.1. The molecule has 0 fully saturated rings. The number of methoxy groups -OCH3 is 2. The van der Waals surface area contributed by atoms with Crippen LogP contribution < -0.4 is 10.6 Å². The minimum Gasteiger partial charge on any atom is -0.463 e. The van der Waals surface area contributed by atoms with Gasteiger partial charge < -0.3 is 20.1 Å². The van der Waals surface area contributed by atoms with Crippen LogP contribution in [0.3, 0.4) is 0 Å². The standard InChI is InChI=1S/2C19H16ClNO4/c2*1-25-17(23)16(22)11-14(12-7-3-2-4-8-12)19(20)13-9-5-6-10-15(13)21-18(19)24/h2*2-10,14H,11H2,1H3,(H,21,24)/t2*14-,19+/m10/s1. The number of hydrogen-bond donors (Lipinski definition) is 2. The second-order valence-corrected chi connectivity index (χ2v) is 12.8. The number of alkyl halides is 2. The summed E-state index contributed by atoms with van der Waals surface area (Å²) < 4.78 is 9.02. The second-order valence-electron chi connectivity index (χ2n) is 11.6. The summed E-state index contributed by atoms with van der Waals surface area (Å²) >= 11 is 13.7. The molecule has 2 N–H and O–H groups in total. The van der Waals surface area contributed by atoms with E-state index < -0.39 is 56.9 Å². The molecule has 0 unspecified atom stereocenters. The lowest BCUT2D eigenvalue weighted by Crippen LogP contribution is -2.37. The molecule has 4 aromatic rings. The minimum absolute atomic E-state index is 0.234. The van der Waals surface area contributed by atoms with E-state index in [1.54, 1.807) is 97.1 Å². The summed E-state index contributed by atoms with van der Waals surface area (Å²) in [6.07, 6.45) is -0.468. The van der Waals surface area contributed by atoms with E-state index in [2.05, 4.69) is 20.1 Å². The van der Waals surface area contributed by atoms with Crippen molar-refractivity contribution < 1.29 is 38.2 Å². The zero-order valence-corrected chi connectivity index (χ0v) is 28.5. The number of Topliss-reactive ketones (excluding diaryl/α,β-unsaturated/α-hetero) is 2. The molecule has 0 saturated heterocycles. The molecule has 12 heteroatoms. The third-order valence-corrected chi connectivity index (χ3v) is 10.0. The van der Waals surface area contributed by atoms with Gasteiger partial charge in [-0.1, -0.05) is 97.1 Å². The Morgan fingerprint density at radius 1 is 0.560 bits per heavy atom. The van der Waals surface area contributed by atoms with Crippen LogP contribution in [0.4, 0.5) is 11.4 Å². The van der Waals surface area contributed by atoms with E-state index in [4.69, 9.17) is 23.2 Å². The number of rotatable bonds is 10. The van der Waals surface area contributed by atoms with E-state index in [0.29, 0.717) is 33.6 Å². The molecule has 50 heavy (non-hydrogen) atoms. The van der Waals surface area contributed by atoms with E-state index in [9.17, 15) is 28.8 Å². The molecule has 6 rings (SSSR count). The third-order valence-electron chi connectivity index (χ3n) is 8.76. The molecule has 0 bridgehead atoms. The van der Waals surface area contributed by atoms with Crippen molar-refractivity contribution in [2.24, 2.45) is 0 Å². The van der Waals surface area contributed by atoms with Crippen LogP contribution in [0.15, 0.2) is 109 Å². The Morgan fingerprint density at radius 2 is 0.880 bits per heavy atom. The van der Waals surface area contributed by atoms with Gasteiger partial charge in [-0.15, -0.1) is 23.2 Å². The van der Waals surface area contributed by atoms with Crippen molar-refractivity contribution >= 4 is 69.9 Å². The Morgan fingerprint density at radius 3 is 1.22 bits per heavy atom. The highest BCUT2D eigenvalue weighted by Crippen LogP contribution is 2.53. The Balaban J connectivity index is 0.000000194. The van der Waals surface area contributed by atoms with Gasteiger partial charge in [-0.2, -0.15) is 0 Å². The Bertz CT molecular complexity index is 1810. The van der Waals surface area contributed by atoms with Crippen molar-refractivity contribution in [2.75, 3.05) is 24.9 Å². The molecule has 0 radical (unpaired) electrons. The van der Waals surface area contributed by atoms with Gasteiger partial charge in [-0.3, -0.25) is 19.2 Å². The van der Waals surface area contributed by atoms with Crippen molar-refractivity contribution in [3.63, 3.8) is 0 Å². The predicted molar refractivity (Wildman–Crippen MR) is 187 cm³/mol. The highest BCUT2D eigenvalue weighted by Gasteiger charge is 2.53. The van der Waals surface area contributed by atoms with E-state index in [1.807, 2.05) is 12.1 Å². The number of amides is 2. The lowest BCUT2D eigenvalue weighted by molar-refractivity contribution is -0.152. The third kappa shape index (κ3) is 6.77. The Kier molecular flexibility index (Phi) is 10.8. The molecule has 0 spiro atoms. The fraction of sp³-hybridized carbons (Fsp3) is 0.211. The lowest BCUT2D eigenvalue weighted by Gasteiger charge is -2.30. The maximum atomic E-state index is 12.7. The lowest BCUT2D eigenvalue weighted by atomic mass is 9.78. The molecule has 0 aromatic heterocycles. The first-order chi connectivity index (χ1) is 24.0. The predicted octanol–water partition coefficient (Wildman–Crippen LogP) is 5.98. The number of ether oxygens (including phenoxy) is 2. The fourth-order valence-electron chi connectivity index (χ4n) is 6.29. The van der Waals surface area contributed by atoms with Gasteiger partial charge in [-0.25, -0.2) is 9.59 Å². The summed E-state index contributed by atoms with van der Waals surface area (Å²) in [5.41, 5.74) is 3.78. The summed E-state index contributed by atoms with van der Waals surface area (Å²) in [5.74, 6) is -5.62. The highest BCUT2D eigenvalue weighted by molar-refractivity contribution is 6.41. The number of nitrogens with one attached hydrogen (secondary N) is 2. The molecule has 2 heterocycles. The van der Waals surface area contributed by atoms with Crippen LogP contribution in [-0.2, 0) is 48.0 Å². The first-order valence-corrected chi connectivity index (χ1v) is 16.2. The number of carbonyl (C=O) groups is 6. The average Bonchev–Trinajstić information content (AvgIpc) is 3.57. The van der Waals surface area contributed by atoms with Gasteiger partial charge in [0.1, 0.15) is 0 Å². The molecule has 0 aliphatic carbocycles. The van der Waals surface area contributed by atoms with Crippen molar-refractivity contribution in [3.8, 4) is 0 Å². The molecule has 2 amide bonds. The first-order valence-electron chi connectivity index (χ1n) is 15.5. The van der Waals surface area contributed by atoms with Crippen LogP contribution in [-0.4, -0.2) is 49.5 Å². The van der Waals surface area contributed by atoms with Crippen molar-refractivity contribution in [2.45, 2.75) is 34.4 Å². The SMILES string of the molecule is COC(=O)C(=O)C[C@@H](c1ccccc1)[C@@]1(Cl)C(=O)Nc2ccccc21.COC(=O)C(=O)C[C@H](c1ccccc1)[C@]1(Cl)C(=O)Nc2ccccc21. The first kappa shape index (κ1) is 36.0. The minimum atomic E-state index is -1.48. The number of anilines is 2. The number of benzene rings is 4. The van der Waals surface area contributed by atoms with Gasteiger partial charge >= 0.3 is 11.9 Å². The topological polar surface area (TPSA) is 145 Å². The van der Waals surface area contributed by atoms with E-state index in [0.717, 1.165) is 14.2 Å². The van der Waals surface area contributed by atoms with Gasteiger partial charge in [0.15, 0.2) is 9.75 Å². The molecular formula is C38H32Cl2N2O8. The molecular weight excluding hydrogens is 683 g/mol. The summed E-state index contributed by atoms with van der Waals surface area (Å²) in [4.78, 5) is 70.1. The van der Waals surface area contributed by atoms with Gasteiger partial charge in [0.2, 0.25) is 11.6 Å². The van der Waals surface area contributed by atoms with Crippen LogP contribution in [0, 0.1) is 0 Å². The zero-order chi connectivity index (χ0) is 36.1. The Labute approximate surface area is 298 Å². The normalized spacial score (nSPS) is 19.7. The Hall–Kier alpha value is -5.32. The molecule has 2 aliphatic rings. The molecule has 256 valence electrons. The maximum Gasteiger partial charge on any atom is 0.374 e.